The summed E-state index contributed by atoms with van der Waals surface area (Å²) < 4.78 is 39.4. The van der Waals surface area contributed by atoms with Crippen LogP contribution in [0.4, 0.5) is 0 Å². The molecule has 1 N–H and O–H groups in total. The highest BCUT2D eigenvalue weighted by atomic mass is 32.2. The lowest BCUT2D eigenvalue weighted by Gasteiger charge is -2.08. The number of aryl methyl sites for hydroxylation is 1. The fourth-order valence-corrected chi connectivity index (χ4v) is 3.64. The molecule has 0 saturated carbocycles. The van der Waals surface area contributed by atoms with Crippen LogP contribution >= 0.6 is 0 Å². The Morgan fingerprint density at radius 2 is 2.00 bits per heavy atom. The van der Waals surface area contributed by atoms with Gasteiger partial charge >= 0.3 is 5.76 Å². The van der Waals surface area contributed by atoms with Crippen LogP contribution in [0, 0.1) is 0 Å². The van der Waals surface area contributed by atoms with Gasteiger partial charge in [-0.2, -0.15) is 0 Å². The lowest BCUT2D eigenvalue weighted by Crippen LogP contribution is -2.24. The second-order valence-electron chi connectivity index (χ2n) is 5.71. The molecule has 1 aromatic carbocycles. The minimum Gasteiger partial charge on any atom is -0.463 e. The minimum absolute atomic E-state index is 0.00911. The molecule has 9 nitrogen and oxygen atoms in total. The average Bonchev–Trinajstić information content (AvgIpc) is 3.29. The second kappa shape index (κ2) is 6.49. The van der Waals surface area contributed by atoms with Crippen molar-refractivity contribution in [2.24, 2.45) is 7.05 Å². The molecule has 3 aromatic heterocycles. The van der Waals surface area contributed by atoms with Crippen LogP contribution in [-0.2, 0) is 23.6 Å². The third-order valence-electron chi connectivity index (χ3n) is 4.03. The van der Waals surface area contributed by atoms with E-state index in [9.17, 15) is 13.2 Å². The molecule has 0 spiro atoms. The Morgan fingerprint density at radius 1 is 1.19 bits per heavy atom. The summed E-state index contributed by atoms with van der Waals surface area (Å²) in [5, 5.41) is 0. The molecule has 0 aliphatic rings. The first-order valence-electron chi connectivity index (χ1n) is 7.89. The van der Waals surface area contributed by atoms with Crippen molar-refractivity contribution in [3.63, 3.8) is 0 Å². The van der Waals surface area contributed by atoms with Gasteiger partial charge in [0.15, 0.2) is 11.3 Å². The number of oxazole rings is 1. The zero-order valence-electron chi connectivity index (χ0n) is 14.1. The lowest BCUT2D eigenvalue weighted by molar-refractivity contribution is 0.528. The Bertz CT molecular complexity index is 1270. The van der Waals surface area contributed by atoms with Gasteiger partial charge in [0, 0.05) is 19.4 Å². The Balaban J connectivity index is 1.64. The summed E-state index contributed by atoms with van der Waals surface area (Å²) in [6.07, 6.45) is 4.48. The van der Waals surface area contributed by atoms with Gasteiger partial charge < -0.3 is 8.83 Å². The summed E-state index contributed by atoms with van der Waals surface area (Å²) in [5.74, 6) is -0.0673. The molecule has 3 heterocycles. The SMILES string of the molecule is Cn1c(=O)oc2ccc(S(=O)(=O)NCc3nccnc3-c3ccco3)cc21. The van der Waals surface area contributed by atoms with Crippen molar-refractivity contribution in [1.82, 2.24) is 19.3 Å². The standard InChI is InChI=1S/C17H14N4O5S/c1-21-13-9-11(4-5-14(13)26-17(21)22)27(23,24)20-10-12-16(19-7-6-18-12)15-3-2-8-25-15/h2-9,20H,10H2,1H3. The van der Waals surface area contributed by atoms with Crippen LogP contribution in [0.5, 0.6) is 0 Å². The summed E-state index contributed by atoms with van der Waals surface area (Å²) in [6, 6.07) is 7.63. The van der Waals surface area contributed by atoms with Crippen molar-refractivity contribution >= 4 is 21.1 Å². The summed E-state index contributed by atoms with van der Waals surface area (Å²) >= 11 is 0. The zero-order chi connectivity index (χ0) is 19.0. The van der Waals surface area contributed by atoms with E-state index in [2.05, 4.69) is 14.7 Å². The van der Waals surface area contributed by atoms with Gasteiger partial charge in [0.05, 0.1) is 28.9 Å². The molecule has 0 atom stereocenters. The Hall–Kier alpha value is -3.24. The Morgan fingerprint density at radius 3 is 2.78 bits per heavy atom. The fraction of sp³-hybridized carbons (Fsp3) is 0.118. The van der Waals surface area contributed by atoms with E-state index in [0.717, 1.165) is 0 Å². The van der Waals surface area contributed by atoms with Gasteiger partial charge in [0.25, 0.3) is 0 Å². The minimum atomic E-state index is -3.85. The smallest absolute Gasteiger partial charge is 0.419 e. The van der Waals surface area contributed by atoms with Gasteiger partial charge in [0.1, 0.15) is 5.69 Å². The number of benzene rings is 1. The fourth-order valence-electron chi connectivity index (χ4n) is 2.64. The maximum Gasteiger partial charge on any atom is 0.419 e. The molecule has 0 fully saturated rings. The Kier molecular flexibility index (Phi) is 4.13. The third-order valence-corrected chi connectivity index (χ3v) is 5.43. The van der Waals surface area contributed by atoms with Crippen molar-refractivity contribution in [3.05, 3.63) is 65.2 Å². The van der Waals surface area contributed by atoms with E-state index in [1.54, 1.807) is 12.1 Å². The maximum atomic E-state index is 12.7. The molecular weight excluding hydrogens is 372 g/mol. The van der Waals surface area contributed by atoms with E-state index in [-0.39, 0.29) is 11.4 Å². The number of nitrogens with one attached hydrogen (secondary N) is 1. The molecular formula is C17H14N4O5S. The summed E-state index contributed by atoms with van der Waals surface area (Å²) in [7, 11) is -2.34. The van der Waals surface area contributed by atoms with Crippen LogP contribution in [-0.4, -0.2) is 23.0 Å². The molecule has 4 aromatic rings. The third kappa shape index (κ3) is 3.15. The number of fused-ring (bicyclic) bond motifs is 1. The van der Waals surface area contributed by atoms with Crippen LogP contribution in [0.1, 0.15) is 5.69 Å². The van der Waals surface area contributed by atoms with E-state index >= 15 is 0 Å². The number of hydrogen-bond donors (Lipinski definition) is 1. The molecule has 138 valence electrons. The van der Waals surface area contributed by atoms with Gasteiger partial charge in [-0.15, -0.1) is 0 Å². The number of nitrogens with zero attached hydrogens (tertiary/aromatic N) is 3. The highest BCUT2D eigenvalue weighted by Crippen LogP contribution is 2.21. The van der Waals surface area contributed by atoms with Crippen molar-refractivity contribution in [3.8, 4) is 11.5 Å². The van der Waals surface area contributed by atoms with Gasteiger partial charge in [-0.25, -0.2) is 22.9 Å². The highest BCUT2D eigenvalue weighted by Gasteiger charge is 2.19. The molecule has 0 aliphatic heterocycles. The number of sulfonamides is 1. The predicted molar refractivity (Wildman–Crippen MR) is 95.2 cm³/mol. The maximum absolute atomic E-state index is 12.7. The monoisotopic (exact) mass is 386 g/mol. The Labute approximate surface area is 153 Å². The van der Waals surface area contributed by atoms with Crippen LogP contribution in [0.2, 0.25) is 0 Å². The van der Waals surface area contributed by atoms with Gasteiger partial charge in [0.2, 0.25) is 10.0 Å². The molecule has 0 radical (unpaired) electrons. The van der Waals surface area contributed by atoms with Crippen molar-refractivity contribution in [1.29, 1.82) is 0 Å². The first-order valence-corrected chi connectivity index (χ1v) is 9.37. The quantitative estimate of drug-likeness (QED) is 0.554. The molecule has 0 aliphatic carbocycles. The lowest BCUT2D eigenvalue weighted by atomic mass is 10.2. The van der Waals surface area contributed by atoms with Crippen LogP contribution in [0.3, 0.4) is 0 Å². The van der Waals surface area contributed by atoms with Gasteiger partial charge in [-0.05, 0) is 30.3 Å². The van der Waals surface area contributed by atoms with Gasteiger partial charge in [-0.1, -0.05) is 0 Å². The van der Waals surface area contributed by atoms with E-state index in [1.807, 2.05) is 0 Å². The first kappa shape index (κ1) is 17.2. The normalized spacial score (nSPS) is 11.9. The molecule has 10 heteroatoms. The summed E-state index contributed by atoms with van der Waals surface area (Å²) in [4.78, 5) is 20.0. The number of hydrogen-bond acceptors (Lipinski definition) is 7. The van der Waals surface area contributed by atoms with Crippen molar-refractivity contribution < 1.29 is 17.3 Å². The van der Waals surface area contributed by atoms with Crippen LogP contribution in [0.25, 0.3) is 22.6 Å². The first-order chi connectivity index (χ1) is 13.0. The summed E-state index contributed by atoms with van der Waals surface area (Å²) in [5.41, 5.74) is 1.58. The van der Waals surface area contributed by atoms with Crippen LogP contribution < -0.4 is 10.5 Å². The predicted octanol–water partition coefficient (Wildman–Crippen LogP) is 1.66. The van der Waals surface area contributed by atoms with Crippen molar-refractivity contribution in [2.45, 2.75) is 11.4 Å². The van der Waals surface area contributed by atoms with E-state index in [4.69, 9.17) is 8.83 Å². The molecule has 27 heavy (non-hydrogen) atoms. The number of rotatable bonds is 5. The summed E-state index contributed by atoms with van der Waals surface area (Å²) in [6.45, 7) is -0.0748. The molecule has 0 unspecified atom stereocenters. The molecule has 0 saturated heterocycles. The topological polar surface area (TPSA) is 120 Å². The average molecular weight is 386 g/mol. The van der Waals surface area contributed by atoms with E-state index in [1.165, 1.54) is 48.5 Å². The van der Waals surface area contributed by atoms with E-state index in [0.29, 0.717) is 28.2 Å². The number of aromatic nitrogens is 3. The zero-order valence-corrected chi connectivity index (χ0v) is 14.9. The molecule has 0 amide bonds. The second-order valence-corrected chi connectivity index (χ2v) is 7.48. The number of furan rings is 1. The van der Waals surface area contributed by atoms with Gasteiger partial charge in [-0.3, -0.25) is 9.55 Å². The largest absolute Gasteiger partial charge is 0.463 e. The van der Waals surface area contributed by atoms with Crippen LogP contribution in [0.15, 0.2) is 67.5 Å². The molecule has 0 bridgehead atoms. The van der Waals surface area contributed by atoms with E-state index < -0.39 is 15.8 Å². The highest BCUT2D eigenvalue weighted by molar-refractivity contribution is 7.89. The molecule has 4 rings (SSSR count). The van der Waals surface area contributed by atoms with Crippen molar-refractivity contribution in [2.75, 3.05) is 0 Å².